The van der Waals surface area contributed by atoms with Gasteiger partial charge in [0.25, 0.3) is 0 Å². The molecular weight excluding hydrogens is 85.3 g/mol. The van der Waals surface area contributed by atoms with Crippen LogP contribution in [-0.2, 0) is 0 Å². The van der Waals surface area contributed by atoms with Crippen LogP contribution in [0.4, 0.5) is 9.41 Å². The average Bonchev–Trinajstić information content (AvgIpc) is 0. The van der Waals surface area contributed by atoms with Gasteiger partial charge in [-0.2, -0.15) is 0 Å². The van der Waals surface area contributed by atoms with Gasteiger partial charge < -0.3 is 0 Å². The molecule has 0 saturated heterocycles. The Hall–Kier alpha value is 1.63. The maximum absolute atomic E-state index is 0. The second-order valence-electron chi connectivity index (χ2n) is 0. The van der Waals surface area contributed by atoms with Crippen LogP contribution in [-0.4, -0.2) is 52.6 Å². The molecule has 0 aromatic carbocycles. The van der Waals surface area contributed by atoms with E-state index in [1.54, 1.807) is 0 Å². The normalized spacial score (nSPS) is 0. The summed E-state index contributed by atoms with van der Waals surface area (Å²) in [6, 6.07) is 0. The van der Waals surface area contributed by atoms with Crippen LogP contribution in [0.25, 0.3) is 0 Å². The first-order valence-corrected chi connectivity index (χ1v) is 0. The molecule has 0 aliphatic carbocycles. The van der Waals surface area contributed by atoms with E-state index in [1.165, 1.54) is 0 Å². The summed E-state index contributed by atoms with van der Waals surface area (Å²) in [4.78, 5) is 0. The molecule has 0 atom stereocenters. The standard InChI is InChI=1S/2FH.Mg.Na.3H/h2*1H;;;;;. The van der Waals surface area contributed by atoms with Crippen molar-refractivity contribution in [3.63, 3.8) is 0 Å². The molecule has 0 aromatic heterocycles. The Kier molecular flexibility index (Phi) is 262. The van der Waals surface area contributed by atoms with E-state index in [9.17, 15) is 0 Å². The molecule has 0 aromatic rings. The van der Waals surface area contributed by atoms with Crippen LogP contribution >= 0.6 is 0 Å². The molecule has 0 aliphatic rings. The van der Waals surface area contributed by atoms with Crippen LogP contribution in [0, 0.1) is 0 Å². The Morgan fingerprint density at radius 1 is 0.750 bits per heavy atom. The Labute approximate surface area is 61.5 Å². The second kappa shape index (κ2) is 23.0. The van der Waals surface area contributed by atoms with Crippen molar-refractivity contribution in [2.24, 2.45) is 0 Å². The Bertz CT molecular complexity index is 6.00. The monoisotopic (exact) mass is 90.0 g/mol. The third kappa shape index (κ3) is 9.46. The van der Waals surface area contributed by atoms with Crippen molar-refractivity contribution in [2.45, 2.75) is 0 Å². The fourth-order valence-electron chi connectivity index (χ4n) is 0. The number of hydrogen-bond acceptors (Lipinski definition) is 0. The van der Waals surface area contributed by atoms with Gasteiger partial charge in [0.05, 0.1) is 0 Å². The van der Waals surface area contributed by atoms with Gasteiger partial charge in [0.1, 0.15) is 0 Å². The van der Waals surface area contributed by atoms with Gasteiger partial charge in [-0.25, -0.2) is 0 Å². The van der Waals surface area contributed by atoms with Crippen LogP contribution in [0.15, 0.2) is 0 Å². The molecule has 0 rings (SSSR count). The van der Waals surface area contributed by atoms with Gasteiger partial charge in [-0.05, 0) is 0 Å². The third-order valence-corrected chi connectivity index (χ3v) is 0. The topological polar surface area (TPSA) is 0 Å². The zero-order valence-electron chi connectivity index (χ0n) is 0.816. The first-order valence-electron chi connectivity index (χ1n) is 0. The third-order valence-electron chi connectivity index (χ3n) is 0. The van der Waals surface area contributed by atoms with Crippen LogP contribution in [0.3, 0.4) is 0 Å². The van der Waals surface area contributed by atoms with Crippen LogP contribution in [0.1, 0.15) is 0 Å². The van der Waals surface area contributed by atoms with E-state index in [0.29, 0.717) is 0 Å². The van der Waals surface area contributed by atoms with Crippen LogP contribution in [0.5, 0.6) is 0 Å². The first-order chi connectivity index (χ1) is 0. The Morgan fingerprint density at radius 2 is 0.750 bits per heavy atom. The van der Waals surface area contributed by atoms with E-state index < -0.39 is 0 Å². The summed E-state index contributed by atoms with van der Waals surface area (Å²) >= 11 is 0. The van der Waals surface area contributed by atoms with E-state index in [0.717, 1.165) is 0 Å². The minimum absolute atomic E-state index is 0. The predicted molar refractivity (Wildman–Crippen MR) is 20.7 cm³/mol. The van der Waals surface area contributed by atoms with Gasteiger partial charge >= 0.3 is 52.6 Å². The Balaban J connectivity index is 0. The molecule has 0 bridgehead atoms. The van der Waals surface area contributed by atoms with Gasteiger partial charge in [-0.1, -0.05) is 0 Å². The quantitative estimate of drug-likeness (QED) is 0.326. The number of hydrogen-bond donors (Lipinski definition) is 0. The molecule has 0 saturated carbocycles. The fourth-order valence-corrected chi connectivity index (χ4v) is 0. The van der Waals surface area contributed by atoms with Gasteiger partial charge in [0.2, 0.25) is 0 Å². The van der Waals surface area contributed by atoms with Gasteiger partial charge in [-0.15, -0.1) is 0 Å². The molecule has 0 fully saturated rings. The second-order valence-corrected chi connectivity index (χ2v) is 0. The van der Waals surface area contributed by atoms with E-state index in [4.69, 9.17) is 0 Å². The van der Waals surface area contributed by atoms with E-state index in [1.807, 2.05) is 0 Å². The molecule has 0 N–H and O–H groups in total. The molecule has 0 nitrogen and oxygen atoms in total. The molecule has 0 amide bonds. The zero-order chi connectivity index (χ0) is 0. The summed E-state index contributed by atoms with van der Waals surface area (Å²) in [5.41, 5.74) is 0. The van der Waals surface area contributed by atoms with Crippen molar-refractivity contribution < 1.29 is 9.41 Å². The molecular formula is H5F2MgNa. The van der Waals surface area contributed by atoms with Crippen molar-refractivity contribution >= 4 is 52.6 Å². The zero-order valence-corrected chi connectivity index (χ0v) is 0.816. The van der Waals surface area contributed by atoms with Crippen molar-refractivity contribution in [2.75, 3.05) is 0 Å². The van der Waals surface area contributed by atoms with E-state index in [-0.39, 0.29) is 62.0 Å². The molecule has 22 valence electrons. The summed E-state index contributed by atoms with van der Waals surface area (Å²) in [6.07, 6.45) is 0. The van der Waals surface area contributed by atoms with Crippen molar-refractivity contribution in [1.82, 2.24) is 0 Å². The fraction of sp³-hybridized carbons (Fsp3) is 0. The van der Waals surface area contributed by atoms with E-state index >= 15 is 0 Å². The predicted octanol–water partition coefficient (Wildman–Crippen LogP) is -1.26. The van der Waals surface area contributed by atoms with Crippen molar-refractivity contribution in [3.8, 4) is 0 Å². The molecule has 4 heteroatoms. The summed E-state index contributed by atoms with van der Waals surface area (Å²) in [7, 11) is 0. The molecule has 4 heavy (non-hydrogen) atoms. The van der Waals surface area contributed by atoms with Gasteiger partial charge in [-0.3, -0.25) is 9.41 Å². The molecule has 0 heterocycles. The van der Waals surface area contributed by atoms with E-state index in [2.05, 4.69) is 0 Å². The number of rotatable bonds is 0. The van der Waals surface area contributed by atoms with Gasteiger partial charge in [0, 0.05) is 0 Å². The van der Waals surface area contributed by atoms with Crippen molar-refractivity contribution in [1.29, 1.82) is 0 Å². The number of halogens is 2. The summed E-state index contributed by atoms with van der Waals surface area (Å²) in [5.74, 6) is 0. The van der Waals surface area contributed by atoms with Crippen molar-refractivity contribution in [3.05, 3.63) is 0 Å². The minimum atomic E-state index is 0. The Morgan fingerprint density at radius 3 is 0.750 bits per heavy atom. The van der Waals surface area contributed by atoms with Gasteiger partial charge in [0.15, 0.2) is 0 Å². The molecule has 0 radical (unpaired) electrons. The van der Waals surface area contributed by atoms with Crippen LogP contribution in [0.2, 0.25) is 0 Å². The molecule has 0 unspecified atom stereocenters. The van der Waals surface area contributed by atoms with Crippen LogP contribution < -0.4 is 0 Å². The maximum atomic E-state index is 0. The SMILES string of the molecule is F.F.[MgH2].[NaH]. The summed E-state index contributed by atoms with van der Waals surface area (Å²) < 4.78 is 0. The molecule has 0 aliphatic heterocycles. The summed E-state index contributed by atoms with van der Waals surface area (Å²) in [6.45, 7) is 0. The average molecular weight is 90.3 g/mol. The summed E-state index contributed by atoms with van der Waals surface area (Å²) in [5, 5.41) is 0. The first kappa shape index (κ1) is 45.5. The molecule has 0 spiro atoms.